The van der Waals surface area contributed by atoms with Gasteiger partial charge in [-0.1, -0.05) is 11.8 Å². The summed E-state index contributed by atoms with van der Waals surface area (Å²) in [7, 11) is 0. The molecule has 0 spiro atoms. The summed E-state index contributed by atoms with van der Waals surface area (Å²) in [6.07, 6.45) is -0.727. The van der Waals surface area contributed by atoms with Crippen molar-refractivity contribution in [3.8, 4) is 11.8 Å². The highest BCUT2D eigenvalue weighted by atomic mass is 16.3. The van der Waals surface area contributed by atoms with Gasteiger partial charge in [-0.15, -0.1) is 0 Å². The van der Waals surface area contributed by atoms with Crippen LogP contribution in [0.25, 0.3) is 0 Å². The Labute approximate surface area is 79.4 Å². The second kappa shape index (κ2) is 4.10. The lowest BCUT2D eigenvalue weighted by Crippen LogP contribution is -2.35. The molecule has 0 heterocycles. The molecule has 0 rings (SSSR count). The summed E-state index contributed by atoms with van der Waals surface area (Å²) in [6, 6.07) is 0. The van der Waals surface area contributed by atoms with Gasteiger partial charge in [0.1, 0.15) is 5.60 Å². The largest absolute Gasteiger partial charge is 0.389 e. The molecule has 0 amide bonds. The lowest BCUT2D eigenvalue weighted by molar-refractivity contribution is -0.0446. The zero-order valence-electron chi connectivity index (χ0n) is 8.63. The Kier molecular flexibility index (Phi) is 3.92. The molecule has 0 fully saturated rings. The molecule has 0 aliphatic rings. The van der Waals surface area contributed by atoms with Gasteiger partial charge in [0.15, 0.2) is 0 Å². The molecule has 3 N–H and O–H groups in total. The first-order valence-corrected chi connectivity index (χ1v) is 4.26. The predicted molar refractivity (Wildman–Crippen MR) is 51.0 cm³/mol. The monoisotopic (exact) mass is 186 g/mol. The molecule has 3 nitrogen and oxygen atoms in total. The maximum atomic E-state index is 9.35. The minimum Gasteiger partial charge on any atom is -0.389 e. The van der Waals surface area contributed by atoms with Crippen LogP contribution in [0.2, 0.25) is 0 Å². The zero-order chi connectivity index (χ0) is 10.7. The van der Waals surface area contributed by atoms with Gasteiger partial charge < -0.3 is 15.3 Å². The first-order valence-electron chi connectivity index (χ1n) is 4.26. The molecule has 0 saturated carbocycles. The fraction of sp³-hybridized carbons (Fsp3) is 0.800. The summed E-state index contributed by atoms with van der Waals surface area (Å²) in [5.74, 6) is 5.18. The van der Waals surface area contributed by atoms with Gasteiger partial charge in [-0.25, -0.2) is 0 Å². The third-order valence-electron chi connectivity index (χ3n) is 1.51. The van der Waals surface area contributed by atoms with Crippen LogP contribution in [-0.4, -0.2) is 32.6 Å². The third kappa shape index (κ3) is 6.59. The van der Waals surface area contributed by atoms with Crippen LogP contribution in [0.5, 0.6) is 0 Å². The van der Waals surface area contributed by atoms with Crippen LogP contribution >= 0.6 is 0 Å². The van der Waals surface area contributed by atoms with Crippen molar-refractivity contribution in [1.82, 2.24) is 0 Å². The van der Waals surface area contributed by atoms with Gasteiger partial charge >= 0.3 is 0 Å². The summed E-state index contributed by atoms with van der Waals surface area (Å²) in [5.41, 5.74) is -2.19. The Morgan fingerprint density at radius 3 is 1.92 bits per heavy atom. The van der Waals surface area contributed by atoms with Crippen molar-refractivity contribution in [3.05, 3.63) is 0 Å². The molecular formula is C10H18O3. The lowest BCUT2D eigenvalue weighted by Gasteiger charge is -2.22. The van der Waals surface area contributed by atoms with Gasteiger partial charge in [0.2, 0.25) is 0 Å². The van der Waals surface area contributed by atoms with E-state index in [0.29, 0.717) is 0 Å². The maximum absolute atomic E-state index is 9.35. The Balaban J connectivity index is 4.09. The van der Waals surface area contributed by atoms with E-state index in [9.17, 15) is 15.3 Å². The molecule has 0 saturated heterocycles. The Morgan fingerprint density at radius 2 is 1.62 bits per heavy atom. The molecule has 0 bridgehead atoms. The minimum absolute atomic E-state index is 0.160. The van der Waals surface area contributed by atoms with Crippen molar-refractivity contribution >= 4 is 0 Å². The zero-order valence-corrected chi connectivity index (χ0v) is 8.63. The summed E-state index contributed by atoms with van der Waals surface area (Å²) in [6.45, 7) is 6.17. The smallest absolute Gasteiger partial charge is 0.119 e. The van der Waals surface area contributed by atoms with Crippen molar-refractivity contribution in [2.24, 2.45) is 0 Å². The SMILES string of the molecule is CC(C)(O)C#CCC(O)C(C)(C)O. The average Bonchev–Trinajstić information content (AvgIpc) is 1.82. The van der Waals surface area contributed by atoms with E-state index in [1.54, 1.807) is 13.8 Å². The molecule has 13 heavy (non-hydrogen) atoms. The number of hydrogen-bond acceptors (Lipinski definition) is 3. The summed E-state index contributed by atoms with van der Waals surface area (Å²) < 4.78 is 0. The van der Waals surface area contributed by atoms with Gasteiger partial charge in [-0.2, -0.15) is 0 Å². The summed E-state index contributed by atoms with van der Waals surface area (Å²) in [5, 5.41) is 27.9. The van der Waals surface area contributed by atoms with Crippen LogP contribution in [0.3, 0.4) is 0 Å². The highest BCUT2D eigenvalue weighted by Crippen LogP contribution is 2.10. The highest BCUT2D eigenvalue weighted by molar-refractivity contribution is 5.11. The molecular weight excluding hydrogens is 168 g/mol. The van der Waals surface area contributed by atoms with E-state index >= 15 is 0 Å². The number of aliphatic hydroxyl groups is 3. The minimum atomic E-state index is -1.14. The van der Waals surface area contributed by atoms with Crippen molar-refractivity contribution in [2.45, 2.75) is 51.4 Å². The Hall–Kier alpha value is -0.560. The van der Waals surface area contributed by atoms with Gasteiger partial charge in [-0.05, 0) is 27.7 Å². The Morgan fingerprint density at radius 1 is 1.15 bits per heavy atom. The molecule has 0 radical (unpaired) electrons. The third-order valence-corrected chi connectivity index (χ3v) is 1.51. The topological polar surface area (TPSA) is 60.7 Å². The maximum Gasteiger partial charge on any atom is 0.119 e. The van der Waals surface area contributed by atoms with Gasteiger partial charge in [0.25, 0.3) is 0 Å². The number of hydrogen-bond donors (Lipinski definition) is 3. The van der Waals surface area contributed by atoms with Crippen LogP contribution in [-0.2, 0) is 0 Å². The lowest BCUT2D eigenvalue weighted by atomic mass is 9.99. The quantitative estimate of drug-likeness (QED) is 0.543. The van der Waals surface area contributed by atoms with E-state index in [1.807, 2.05) is 0 Å². The van der Waals surface area contributed by atoms with E-state index in [4.69, 9.17) is 0 Å². The number of rotatable bonds is 2. The van der Waals surface area contributed by atoms with Crippen LogP contribution in [0.4, 0.5) is 0 Å². The van der Waals surface area contributed by atoms with Crippen molar-refractivity contribution < 1.29 is 15.3 Å². The van der Waals surface area contributed by atoms with Crippen LogP contribution in [0.1, 0.15) is 34.1 Å². The van der Waals surface area contributed by atoms with Gasteiger partial charge in [0, 0.05) is 6.42 Å². The van der Waals surface area contributed by atoms with Crippen LogP contribution in [0.15, 0.2) is 0 Å². The highest BCUT2D eigenvalue weighted by Gasteiger charge is 2.23. The van der Waals surface area contributed by atoms with E-state index in [2.05, 4.69) is 11.8 Å². The molecule has 3 heteroatoms. The van der Waals surface area contributed by atoms with Crippen LogP contribution in [0, 0.1) is 11.8 Å². The van der Waals surface area contributed by atoms with Crippen molar-refractivity contribution in [1.29, 1.82) is 0 Å². The Bertz CT molecular complexity index is 209. The van der Waals surface area contributed by atoms with Gasteiger partial charge in [0.05, 0.1) is 11.7 Å². The first-order chi connectivity index (χ1) is 5.63. The summed E-state index contributed by atoms with van der Waals surface area (Å²) in [4.78, 5) is 0. The van der Waals surface area contributed by atoms with E-state index in [0.717, 1.165) is 0 Å². The molecule has 0 aromatic rings. The normalized spacial score (nSPS) is 14.7. The molecule has 76 valence electrons. The van der Waals surface area contributed by atoms with Crippen molar-refractivity contribution in [2.75, 3.05) is 0 Å². The fourth-order valence-corrected chi connectivity index (χ4v) is 0.614. The number of aliphatic hydroxyl groups excluding tert-OH is 1. The molecule has 0 aliphatic carbocycles. The molecule has 1 unspecified atom stereocenters. The first kappa shape index (κ1) is 12.4. The second-order valence-electron chi connectivity index (χ2n) is 4.23. The van der Waals surface area contributed by atoms with Crippen molar-refractivity contribution in [3.63, 3.8) is 0 Å². The van der Waals surface area contributed by atoms with E-state index in [-0.39, 0.29) is 6.42 Å². The van der Waals surface area contributed by atoms with Crippen LogP contribution < -0.4 is 0 Å². The molecule has 1 atom stereocenters. The standard InChI is InChI=1S/C10H18O3/c1-9(2,12)7-5-6-8(11)10(3,4)13/h8,11-13H,6H2,1-4H3. The van der Waals surface area contributed by atoms with Gasteiger partial charge in [-0.3, -0.25) is 0 Å². The second-order valence-corrected chi connectivity index (χ2v) is 4.23. The summed E-state index contributed by atoms with van der Waals surface area (Å²) >= 11 is 0. The van der Waals surface area contributed by atoms with E-state index in [1.165, 1.54) is 13.8 Å². The predicted octanol–water partition coefficient (Wildman–Crippen LogP) is 0.283. The molecule has 0 aliphatic heterocycles. The average molecular weight is 186 g/mol. The van der Waals surface area contributed by atoms with E-state index < -0.39 is 17.3 Å². The fourth-order valence-electron chi connectivity index (χ4n) is 0.614. The molecule has 0 aromatic carbocycles. The molecule has 0 aromatic heterocycles.